The molecule has 0 aliphatic carbocycles. The number of alkyl carbamates (subject to hydrolysis) is 1. The van der Waals surface area contributed by atoms with Crippen molar-refractivity contribution < 1.29 is 14.3 Å². The zero-order chi connectivity index (χ0) is 13.8. The molecular formula is C12H18N2O3S. The van der Waals surface area contributed by atoms with Crippen LogP contribution in [0.4, 0.5) is 4.79 Å². The van der Waals surface area contributed by atoms with Crippen LogP contribution in [0, 0.1) is 0 Å². The van der Waals surface area contributed by atoms with Gasteiger partial charge in [0, 0.05) is 5.38 Å². The van der Waals surface area contributed by atoms with Gasteiger partial charge in [0.2, 0.25) is 5.78 Å². The number of Topliss-reactive ketones (excluding diaryl/α,β-unsaturated/α-hetero) is 1. The molecule has 1 aromatic rings. The fourth-order valence-electron chi connectivity index (χ4n) is 1.32. The lowest BCUT2D eigenvalue weighted by molar-refractivity contribution is 0.0490. The number of nitrogens with zero attached hydrogens (tertiary/aromatic N) is 1. The molecule has 0 aliphatic heterocycles. The fraction of sp³-hybridized carbons (Fsp3) is 0.583. The third-order valence-electron chi connectivity index (χ3n) is 2.11. The average Bonchev–Trinajstić information content (AvgIpc) is 2.75. The zero-order valence-corrected chi connectivity index (χ0v) is 11.8. The van der Waals surface area contributed by atoms with Gasteiger partial charge >= 0.3 is 6.09 Å². The standard InChI is InChI=1S/C12H18N2O3S/c1-5-8(10(15)9-6-7-18-14-9)13-11(16)17-12(2,3)4/h6-8H,5H2,1-4H3,(H,13,16)/t8-/m1/s1. The second-order valence-corrected chi connectivity index (χ2v) is 5.52. The van der Waals surface area contributed by atoms with Gasteiger partial charge in [0.05, 0.1) is 6.04 Å². The number of hydrogen-bond acceptors (Lipinski definition) is 5. The van der Waals surface area contributed by atoms with E-state index in [2.05, 4.69) is 9.69 Å². The number of nitrogens with one attached hydrogen (secondary N) is 1. The molecule has 0 aliphatic rings. The highest BCUT2D eigenvalue weighted by atomic mass is 32.1. The molecule has 0 saturated carbocycles. The first-order chi connectivity index (χ1) is 8.33. The quantitative estimate of drug-likeness (QED) is 0.854. The van der Waals surface area contributed by atoms with Crippen molar-refractivity contribution in [1.29, 1.82) is 0 Å². The van der Waals surface area contributed by atoms with Crippen LogP contribution in [0.15, 0.2) is 11.4 Å². The molecule has 0 spiro atoms. The van der Waals surface area contributed by atoms with Crippen LogP contribution in [0.5, 0.6) is 0 Å². The molecule has 1 N–H and O–H groups in total. The lowest BCUT2D eigenvalue weighted by atomic mass is 10.1. The molecule has 100 valence electrons. The molecule has 0 bridgehead atoms. The molecule has 1 heterocycles. The Kier molecular flexibility index (Phi) is 4.84. The third-order valence-corrected chi connectivity index (χ3v) is 2.67. The summed E-state index contributed by atoms with van der Waals surface area (Å²) in [6, 6.07) is 1.05. The summed E-state index contributed by atoms with van der Waals surface area (Å²) in [6.45, 7) is 7.15. The highest BCUT2D eigenvalue weighted by molar-refractivity contribution is 7.03. The number of carbonyl (C=O) groups excluding carboxylic acids is 2. The second-order valence-electron chi connectivity index (χ2n) is 4.86. The van der Waals surface area contributed by atoms with E-state index in [4.69, 9.17) is 4.74 Å². The molecule has 5 nitrogen and oxygen atoms in total. The van der Waals surface area contributed by atoms with E-state index in [1.54, 1.807) is 32.2 Å². The first-order valence-electron chi connectivity index (χ1n) is 5.77. The van der Waals surface area contributed by atoms with E-state index in [1.165, 1.54) is 11.5 Å². The molecule has 1 amide bonds. The van der Waals surface area contributed by atoms with Gasteiger partial charge in [-0.3, -0.25) is 4.79 Å². The van der Waals surface area contributed by atoms with E-state index in [-0.39, 0.29) is 5.78 Å². The van der Waals surface area contributed by atoms with Crippen molar-refractivity contribution in [3.63, 3.8) is 0 Å². The van der Waals surface area contributed by atoms with Crippen molar-refractivity contribution in [2.24, 2.45) is 0 Å². The Balaban J connectivity index is 2.63. The number of carbonyl (C=O) groups is 2. The summed E-state index contributed by atoms with van der Waals surface area (Å²) >= 11 is 1.21. The van der Waals surface area contributed by atoms with Crippen LogP contribution in [-0.4, -0.2) is 27.9 Å². The van der Waals surface area contributed by atoms with Crippen LogP contribution in [0.2, 0.25) is 0 Å². The Morgan fingerprint density at radius 3 is 2.61 bits per heavy atom. The summed E-state index contributed by atoms with van der Waals surface area (Å²) < 4.78 is 9.08. The monoisotopic (exact) mass is 270 g/mol. The molecule has 6 heteroatoms. The lowest BCUT2D eigenvalue weighted by Gasteiger charge is -2.22. The third kappa shape index (κ3) is 4.44. The smallest absolute Gasteiger partial charge is 0.408 e. The maximum Gasteiger partial charge on any atom is 0.408 e. The van der Waals surface area contributed by atoms with Crippen molar-refractivity contribution >= 4 is 23.4 Å². The summed E-state index contributed by atoms with van der Waals surface area (Å²) in [5.74, 6) is -0.190. The Bertz CT molecular complexity index is 409. The molecule has 0 aromatic carbocycles. The Morgan fingerprint density at radius 1 is 1.50 bits per heavy atom. The highest BCUT2D eigenvalue weighted by Crippen LogP contribution is 2.09. The highest BCUT2D eigenvalue weighted by Gasteiger charge is 2.24. The van der Waals surface area contributed by atoms with Gasteiger partial charge < -0.3 is 10.1 Å². The maximum absolute atomic E-state index is 12.0. The summed E-state index contributed by atoms with van der Waals surface area (Å²) in [5.41, 5.74) is -0.200. The predicted octanol–water partition coefficient (Wildman–Crippen LogP) is 2.63. The first-order valence-corrected chi connectivity index (χ1v) is 6.61. The Hall–Kier alpha value is -1.43. The van der Waals surface area contributed by atoms with Gasteiger partial charge in [-0.25, -0.2) is 4.79 Å². The van der Waals surface area contributed by atoms with Gasteiger partial charge in [-0.2, -0.15) is 4.37 Å². The minimum atomic E-state index is -0.595. The normalized spacial score (nSPS) is 12.9. The Morgan fingerprint density at radius 2 is 2.17 bits per heavy atom. The molecule has 0 saturated heterocycles. The van der Waals surface area contributed by atoms with E-state index >= 15 is 0 Å². The first kappa shape index (κ1) is 14.6. The number of aromatic nitrogens is 1. The molecule has 18 heavy (non-hydrogen) atoms. The number of ketones is 1. The zero-order valence-electron chi connectivity index (χ0n) is 11.0. The minimum Gasteiger partial charge on any atom is -0.444 e. The summed E-state index contributed by atoms with van der Waals surface area (Å²) in [6.07, 6.45) is -0.0896. The van der Waals surface area contributed by atoms with E-state index in [1.807, 2.05) is 6.92 Å². The van der Waals surface area contributed by atoms with Crippen molar-refractivity contribution in [3.8, 4) is 0 Å². The largest absolute Gasteiger partial charge is 0.444 e. The lowest BCUT2D eigenvalue weighted by Crippen LogP contribution is -2.43. The molecule has 0 fully saturated rings. The number of amides is 1. The topological polar surface area (TPSA) is 68.3 Å². The van der Waals surface area contributed by atoms with Gasteiger partial charge in [0.15, 0.2) is 0 Å². The maximum atomic E-state index is 12.0. The molecule has 1 atom stereocenters. The van der Waals surface area contributed by atoms with Crippen LogP contribution in [0.25, 0.3) is 0 Å². The number of hydrogen-bond donors (Lipinski definition) is 1. The molecule has 0 radical (unpaired) electrons. The molecule has 0 unspecified atom stereocenters. The van der Waals surface area contributed by atoms with E-state index < -0.39 is 17.7 Å². The molecular weight excluding hydrogens is 252 g/mol. The van der Waals surface area contributed by atoms with Crippen molar-refractivity contribution in [3.05, 3.63) is 17.1 Å². The summed E-state index contributed by atoms with van der Waals surface area (Å²) in [5, 5.41) is 4.29. The average molecular weight is 270 g/mol. The van der Waals surface area contributed by atoms with Crippen LogP contribution in [0.3, 0.4) is 0 Å². The van der Waals surface area contributed by atoms with Gasteiger partial charge in [-0.1, -0.05) is 6.92 Å². The summed E-state index contributed by atoms with van der Waals surface area (Å²) in [4.78, 5) is 23.6. The Labute approximate surface area is 111 Å². The van der Waals surface area contributed by atoms with Gasteiger partial charge in [-0.15, -0.1) is 0 Å². The minimum absolute atomic E-state index is 0.190. The van der Waals surface area contributed by atoms with E-state index in [0.29, 0.717) is 12.1 Å². The fourth-order valence-corrected chi connectivity index (χ4v) is 1.84. The number of ether oxygens (including phenoxy) is 1. The van der Waals surface area contributed by atoms with Crippen LogP contribution in [0.1, 0.15) is 44.6 Å². The molecule has 1 rings (SSSR count). The van der Waals surface area contributed by atoms with Crippen LogP contribution < -0.4 is 5.32 Å². The molecule has 1 aromatic heterocycles. The van der Waals surface area contributed by atoms with Crippen molar-refractivity contribution in [1.82, 2.24) is 9.69 Å². The van der Waals surface area contributed by atoms with Crippen molar-refractivity contribution in [2.45, 2.75) is 45.8 Å². The second kappa shape index (κ2) is 5.95. The summed E-state index contributed by atoms with van der Waals surface area (Å²) in [7, 11) is 0. The van der Waals surface area contributed by atoms with Crippen LogP contribution in [-0.2, 0) is 4.74 Å². The number of rotatable bonds is 4. The van der Waals surface area contributed by atoms with Crippen molar-refractivity contribution in [2.75, 3.05) is 0 Å². The SMILES string of the molecule is CC[C@@H](NC(=O)OC(C)(C)C)C(=O)c1ccsn1. The van der Waals surface area contributed by atoms with Gasteiger partial charge in [0.25, 0.3) is 0 Å². The van der Waals surface area contributed by atoms with E-state index in [0.717, 1.165) is 0 Å². The predicted molar refractivity (Wildman–Crippen MR) is 69.9 cm³/mol. The van der Waals surface area contributed by atoms with Crippen LogP contribution >= 0.6 is 11.5 Å². The van der Waals surface area contributed by atoms with E-state index in [9.17, 15) is 9.59 Å². The van der Waals surface area contributed by atoms with Gasteiger partial charge in [-0.05, 0) is 44.8 Å². The van der Waals surface area contributed by atoms with Gasteiger partial charge in [0.1, 0.15) is 11.3 Å².